The van der Waals surface area contributed by atoms with Crippen molar-refractivity contribution in [3.05, 3.63) is 52.2 Å². The number of amides is 1. The lowest BCUT2D eigenvalue weighted by Gasteiger charge is -2.25. The van der Waals surface area contributed by atoms with Crippen molar-refractivity contribution < 1.29 is 4.79 Å². The van der Waals surface area contributed by atoms with Gasteiger partial charge in [-0.15, -0.1) is 0 Å². The number of carbonyl (C=O) groups excluding carboxylic acids is 1. The molecule has 1 aliphatic heterocycles. The number of nitrogens with one attached hydrogen (secondary N) is 1. The molecule has 1 heterocycles. The molecule has 1 aliphatic rings. The van der Waals surface area contributed by atoms with Crippen LogP contribution in [-0.4, -0.2) is 17.5 Å². The van der Waals surface area contributed by atoms with E-state index in [0.29, 0.717) is 22.2 Å². The third-order valence-electron chi connectivity index (χ3n) is 2.41. The van der Waals surface area contributed by atoms with Crippen LogP contribution in [0.2, 0.25) is 10.0 Å². The summed E-state index contributed by atoms with van der Waals surface area (Å²) in [5.41, 5.74) is 9.63. The number of anilines is 1. The highest BCUT2D eigenvalue weighted by Gasteiger charge is 2.12. The Morgan fingerprint density at radius 2 is 2.11 bits per heavy atom. The van der Waals surface area contributed by atoms with E-state index in [1.165, 1.54) is 0 Å². The number of nitrogens with two attached hydrogens (primary N) is 1. The molecule has 0 unspecified atom stereocenters. The van der Waals surface area contributed by atoms with Crippen molar-refractivity contribution >= 4 is 34.8 Å². The van der Waals surface area contributed by atoms with Gasteiger partial charge in [0.05, 0.1) is 22.3 Å². The molecular formula is C12H11Cl2N3O. The largest absolute Gasteiger partial charge is 0.366 e. The Kier molecular flexibility index (Phi) is 3.79. The van der Waals surface area contributed by atoms with E-state index in [2.05, 4.69) is 5.43 Å². The first kappa shape index (κ1) is 12.8. The van der Waals surface area contributed by atoms with E-state index in [1.807, 2.05) is 0 Å². The number of hydrogen-bond donors (Lipinski definition) is 2. The van der Waals surface area contributed by atoms with Gasteiger partial charge in [0.2, 0.25) is 5.91 Å². The maximum Gasteiger partial charge on any atom is 0.246 e. The summed E-state index contributed by atoms with van der Waals surface area (Å²) < 4.78 is 0. The van der Waals surface area contributed by atoms with Crippen LogP contribution in [0.25, 0.3) is 0 Å². The summed E-state index contributed by atoms with van der Waals surface area (Å²) in [5, 5.41) is 2.70. The number of nitrogens with zero attached hydrogens (tertiary/aromatic N) is 1. The van der Waals surface area contributed by atoms with Crippen molar-refractivity contribution in [2.45, 2.75) is 0 Å². The fraction of sp³-hybridized carbons (Fsp3) is 0.0833. The molecule has 0 fully saturated rings. The van der Waals surface area contributed by atoms with Gasteiger partial charge in [0, 0.05) is 11.8 Å². The summed E-state index contributed by atoms with van der Waals surface area (Å²) >= 11 is 11.7. The van der Waals surface area contributed by atoms with Gasteiger partial charge in [0.15, 0.2) is 0 Å². The number of rotatable bonds is 3. The molecule has 0 atom stereocenters. The first-order valence-corrected chi connectivity index (χ1v) is 5.97. The van der Waals surface area contributed by atoms with Crippen LogP contribution in [0, 0.1) is 0 Å². The normalized spacial score (nSPS) is 14.3. The van der Waals surface area contributed by atoms with Crippen LogP contribution in [0.3, 0.4) is 0 Å². The van der Waals surface area contributed by atoms with Crippen molar-refractivity contribution in [2.75, 3.05) is 12.0 Å². The van der Waals surface area contributed by atoms with Gasteiger partial charge in [-0.2, -0.15) is 0 Å². The van der Waals surface area contributed by atoms with Gasteiger partial charge in [-0.25, -0.2) is 0 Å². The first-order chi connectivity index (χ1) is 8.56. The van der Waals surface area contributed by atoms with Crippen molar-refractivity contribution in [1.82, 2.24) is 5.01 Å². The van der Waals surface area contributed by atoms with E-state index in [1.54, 1.807) is 41.6 Å². The van der Waals surface area contributed by atoms with Crippen LogP contribution in [0.5, 0.6) is 0 Å². The van der Waals surface area contributed by atoms with Crippen molar-refractivity contribution in [1.29, 1.82) is 0 Å². The van der Waals surface area contributed by atoms with E-state index in [-0.39, 0.29) is 0 Å². The second-order valence-electron chi connectivity index (χ2n) is 3.77. The number of allylic oxidation sites excluding steroid dienone is 2. The van der Waals surface area contributed by atoms with Crippen LogP contribution < -0.4 is 11.2 Å². The maximum absolute atomic E-state index is 11.1. The number of halogens is 2. The lowest BCUT2D eigenvalue weighted by atomic mass is 10.2. The van der Waals surface area contributed by atoms with Crippen molar-refractivity contribution in [3.63, 3.8) is 0 Å². The zero-order chi connectivity index (χ0) is 13.1. The molecule has 1 aromatic carbocycles. The number of hydrazine groups is 1. The molecule has 6 heteroatoms. The highest BCUT2D eigenvalue weighted by molar-refractivity contribution is 6.42. The predicted octanol–water partition coefficient (Wildman–Crippen LogP) is 2.56. The molecule has 0 bridgehead atoms. The smallest absolute Gasteiger partial charge is 0.246 e. The van der Waals surface area contributed by atoms with Gasteiger partial charge in [-0.1, -0.05) is 29.3 Å². The number of benzene rings is 1. The quantitative estimate of drug-likeness (QED) is 0.896. The minimum Gasteiger partial charge on any atom is -0.366 e. The van der Waals surface area contributed by atoms with Gasteiger partial charge in [0.25, 0.3) is 0 Å². The van der Waals surface area contributed by atoms with Gasteiger partial charge in [-0.3, -0.25) is 15.2 Å². The molecule has 3 N–H and O–H groups in total. The van der Waals surface area contributed by atoms with Gasteiger partial charge >= 0.3 is 0 Å². The number of carbonyl (C=O) groups is 1. The molecule has 0 aromatic heterocycles. The Morgan fingerprint density at radius 3 is 2.78 bits per heavy atom. The molecule has 0 saturated heterocycles. The maximum atomic E-state index is 11.1. The predicted molar refractivity (Wildman–Crippen MR) is 73.2 cm³/mol. The van der Waals surface area contributed by atoms with Crippen LogP contribution in [0.1, 0.15) is 0 Å². The zero-order valence-electron chi connectivity index (χ0n) is 9.36. The molecule has 94 valence electrons. The molecule has 0 saturated carbocycles. The van der Waals surface area contributed by atoms with Crippen molar-refractivity contribution in [2.24, 2.45) is 5.73 Å². The summed E-state index contributed by atoms with van der Waals surface area (Å²) in [6.07, 6.45) is 5.23. The molecule has 0 spiro atoms. The van der Waals surface area contributed by atoms with E-state index >= 15 is 0 Å². The van der Waals surface area contributed by atoms with E-state index in [9.17, 15) is 4.79 Å². The molecule has 2 rings (SSSR count). The van der Waals surface area contributed by atoms with Gasteiger partial charge in [-0.05, 0) is 24.3 Å². The van der Waals surface area contributed by atoms with Crippen LogP contribution in [-0.2, 0) is 4.79 Å². The Bertz CT molecular complexity index is 540. The SMILES string of the molecule is NC(=O)C1=CC=CN(Nc2ccc(Cl)c(Cl)c2)C1. The van der Waals surface area contributed by atoms with Crippen LogP contribution in [0.4, 0.5) is 5.69 Å². The number of hydrogen-bond acceptors (Lipinski definition) is 3. The second kappa shape index (κ2) is 5.33. The molecule has 4 nitrogen and oxygen atoms in total. The van der Waals surface area contributed by atoms with Gasteiger partial charge in [0.1, 0.15) is 0 Å². The number of primary amides is 1. The zero-order valence-corrected chi connectivity index (χ0v) is 10.9. The first-order valence-electron chi connectivity index (χ1n) is 5.22. The molecule has 1 amide bonds. The average molecular weight is 284 g/mol. The minimum atomic E-state index is -0.430. The lowest BCUT2D eigenvalue weighted by molar-refractivity contribution is -0.114. The molecular weight excluding hydrogens is 273 g/mol. The fourth-order valence-electron chi connectivity index (χ4n) is 1.52. The third-order valence-corrected chi connectivity index (χ3v) is 3.15. The van der Waals surface area contributed by atoms with E-state index < -0.39 is 5.91 Å². The average Bonchev–Trinajstić information content (AvgIpc) is 2.34. The van der Waals surface area contributed by atoms with Crippen molar-refractivity contribution in [3.8, 4) is 0 Å². The van der Waals surface area contributed by atoms with Crippen LogP contribution in [0.15, 0.2) is 42.1 Å². The highest BCUT2D eigenvalue weighted by atomic mass is 35.5. The Hall–Kier alpha value is -1.65. The van der Waals surface area contributed by atoms with E-state index in [4.69, 9.17) is 28.9 Å². The lowest BCUT2D eigenvalue weighted by Crippen LogP contribution is -2.32. The highest BCUT2D eigenvalue weighted by Crippen LogP contribution is 2.25. The topological polar surface area (TPSA) is 58.4 Å². The standard InChI is InChI=1S/C12H11Cl2N3O/c13-10-4-3-9(6-11(10)14)16-17-5-1-2-8(7-17)12(15)18/h1-6,16H,7H2,(H2,15,18). The second-order valence-corrected chi connectivity index (χ2v) is 4.58. The van der Waals surface area contributed by atoms with Gasteiger partial charge < -0.3 is 5.73 Å². The fourth-order valence-corrected chi connectivity index (χ4v) is 1.82. The summed E-state index contributed by atoms with van der Waals surface area (Å²) in [7, 11) is 0. The Labute approximate surface area is 115 Å². The molecule has 1 aromatic rings. The molecule has 18 heavy (non-hydrogen) atoms. The van der Waals surface area contributed by atoms with E-state index in [0.717, 1.165) is 5.69 Å². The Morgan fingerprint density at radius 1 is 1.33 bits per heavy atom. The summed E-state index contributed by atoms with van der Waals surface area (Å²) in [6.45, 7) is 0.395. The minimum absolute atomic E-state index is 0.395. The summed E-state index contributed by atoms with van der Waals surface area (Å²) in [5.74, 6) is -0.430. The molecule has 0 aliphatic carbocycles. The third kappa shape index (κ3) is 2.97. The Balaban J connectivity index is 2.07. The summed E-state index contributed by atoms with van der Waals surface area (Å²) in [6, 6.07) is 5.20. The molecule has 0 radical (unpaired) electrons. The monoisotopic (exact) mass is 283 g/mol. The van der Waals surface area contributed by atoms with Crippen LogP contribution >= 0.6 is 23.2 Å². The summed E-state index contributed by atoms with van der Waals surface area (Å²) in [4.78, 5) is 11.1.